The van der Waals surface area contributed by atoms with Crippen molar-refractivity contribution in [3.05, 3.63) is 65.4 Å². The largest absolute Gasteiger partial charge is 0.359 e. The molecule has 33 heavy (non-hydrogen) atoms. The summed E-state index contributed by atoms with van der Waals surface area (Å²) < 4.78 is 0. The summed E-state index contributed by atoms with van der Waals surface area (Å²) in [4.78, 5) is 37.4. The van der Waals surface area contributed by atoms with Gasteiger partial charge in [0, 0.05) is 58.0 Å². The number of nitrogens with zero attached hydrogens (tertiary/aromatic N) is 3. The Morgan fingerprint density at radius 3 is 2.12 bits per heavy atom. The fourth-order valence-corrected chi connectivity index (χ4v) is 3.43. The molecule has 1 aliphatic rings. The summed E-state index contributed by atoms with van der Waals surface area (Å²) in [5.41, 5.74) is 3.57. The van der Waals surface area contributed by atoms with Gasteiger partial charge in [0.25, 0.3) is 5.91 Å². The first kappa shape index (κ1) is 23.7. The summed E-state index contributed by atoms with van der Waals surface area (Å²) in [6.07, 6.45) is 3.96. The van der Waals surface area contributed by atoms with Crippen LogP contribution in [-0.4, -0.2) is 70.9 Å². The zero-order chi connectivity index (χ0) is 23.8. The Balaban J connectivity index is 0.000000555. The monoisotopic (exact) mass is 447 g/mol. The topological polar surface area (TPSA) is 98.4 Å². The van der Waals surface area contributed by atoms with Crippen molar-refractivity contribution in [1.29, 1.82) is 0 Å². The number of aromatic nitrogens is 2. The number of amides is 3. The smallest absolute Gasteiger partial charge is 0.253 e. The second-order valence-corrected chi connectivity index (χ2v) is 7.71. The second-order valence-electron chi connectivity index (χ2n) is 7.71. The number of para-hydroxylation sites is 1. The molecule has 0 bridgehead atoms. The SMILES string of the molecule is CC(=O)N1CCN(C(=O)c2ccc(C=Cc3n[nH]c4ccccc34)cc2)CC1.CNC(C)=O. The first-order valence-corrected chi connectivity index (χ1v) is 10.8. The standard InChI is InChI=1S/C22H22N4O2.C3H7NO/c1-16(27)25-12-14-26(15-13-25)22(28)18-9-6-17(7-10-18)8-11-21-19-4-2-3-5-20(19)23-24-21;1-3(5)4-2/h2-11H,12-15H2,1H3,(H,23,24);1-2H3,(H,4,5). The van der Waals surface area contributed by atoms with Crippen LogP contribution in [0.1, 0.15) is 35.5 Å². The van der Waals surface area contributed by atoms with Crippen LogP contribution < -0.4 is 5.32 Å². The molecule has 2 heterocycles. The van der Waals surface area contributed by atoms with E-state index in [-0.39, 0.29) is 17.7 Å². The number of carbonyl (C=O) groups is 3. The second kappa shape index (κ2) is 11.1. The van der Waals surface area contributed by atoms with E-state index in [4.69, 9.17) is 0 Å². The Morgan fingerprint density at radius 2 is 1.52 bits per heavy atom. The fraction of sp³-hybridized carbons (Fsp3) is 0.280. The third kappa shape index (κ3) is 6.29. The summed E-state index contributed by atoms with van der Waals surface area (Å²) >= 11 is 0. The molecule has 2 aromatic carbocycles. The average Bonchev–Trinajstić information content (AvgIpc) is 3.26. The number of H-pyrrole nitrogens is 1. The Kier molecular flexibility index (Phi) is 7.96. The quantitative estimate of drug-likeness (QED) is 0.645. The van der Waals surface area contributed by atoms with Gasteiger partial charge in [-0.25, -0.2) is 0 Å². The minimum Gasteiger partial charge on any atom is -0.359 e. The highest BCUT2D eigenvalue weighted by Gasteiger charge is 2.23. The van der Waals surface area contributed by atoms with Gasteiger partial charge in [-0.2, -0.15) is 5.10 Å². The minimum absolute atomic E-state index is 0.00463. The maximum Gasteiger partial charge on any atom is 0.253 e. The molecule has 1 fully saturated rings. The third-order valence-corrected chi connectivity index (χ3v) is 5.46. The highest BCUT2D eigenvalue weighted by atomic mass is 16.2. The number of piperazine rings is 1. The van der Waals surface area contributed by atoms with Crippen molar-refractivity contribution in [3.8, 4) is 0 Å². The lowest BCUT2D eigenvalue weighted by Gasteiger charge is -2.34. The van der Waals surface area contributed by atoms with Gasteiger partial charge in [0.15, 0.2) is 0 Å². The number of benzene rings is 2. The number of fused-ring (bicyclic) bond motifs is 1. The van der Waals surface area contributed by atoms with Crippen LogP contribution in [0.25, 0.3) is 23.1 Å². The van der Waals surface area contributed by atoms with Crippen LogP contribution in [0.2, 0.25) is 0 Å². The van der Waals surface area contributed by atoms with Gasteiger partial charge in [-0.1, -0.05) is 36.4 Å². The maximum absolute atomic E-state index is 12.7. The predicted molar refractivity (Wildman–Crippen MR) is 129 cm³/mol. The lowest BCUT2D eigenvalue weighted by molar-refractivity contribution is -0.130. The van der Waals surface area contributed by atoms with E-state index in [1.54, 1.807) is 23.8 Å². The Labute approximate surface area is 193 Å². The molecule has 0 aliphatic carbocycles. The van der Waals surface area contributed by atoms with Crippen LogP contribution in [0.5, 0.6) is 0 Å². The van der Waals surface area contributed by atoms with Gasteiger partial charge < -0.3 is 15.1 Å². The van der Waals surface area contributed by atoms with Crippen LogP contribution in [0, 0.1) is 0 Å². The first-order chi connectivity index (χ1) is 15.9. The molecule has 3 amide bonds. The first-order valence-electron chi connectivity index (χ1n) is 10.8. The molecule has 0 saturated carbocycles. The number of hydrogen-bond acceptors (Lipinski definition) is 4. The molecular formula is C25H29N5O3. The van der Waals surface area contributed by atoms with E-state index >= 15 is 0 Å². The Bertz CT molecular complexity index is 1140. The van der Waals surface area contributed by atoms with E-state index in [0.717, 1.165) is 22.2 Å². The molecule has 1 aliphatic heterocycles. The van der Waals surface area contributed by atoms with E-state index in [1.165, 1.54) is 6.92 Å². The minimum atomic E-state index is 0.00463. The van der Waals surface area contributed by atoms with E-state index in [2.05, 4.69) is 15.5 Å². The molecule has 1 saturated heterocycles. The summed E-state index contributed by atoms with van der Waals surface area (Å²) in [6.45, 7) is 5.38. The van der Waals surface area contributed by atoms with Crippen molar-refractivity contribution in [2.45, 2.75) is 13.8 Å². The van der Waals surface area contributed by atoms with Crippen LogP contribution in [0.3, 0.4) is 0 Å². The van der Waals surface area contributed by atoms with E-state index in [1.807, 2.05) is 60.7 Å². The molecule has 0 unspecified atom stereocenters. The molecule has 0 spiro atoms. The third-order valence-electron chi connectivity index (χ3n) is 5.46. The molecule has 8 heteroatoms. The summed E-state index contributed by atoms with van der Waals surface area (Å²) in [6, 6.07) is 15.6. The molecule has 8 nitrogen and oxygen atoms in total. The van der Waals surface area contributed by atoms with Crippen LogP contribution in [0.4, 0.5) is 0 Å². The van der Waals surface area contributed by atoms with Crippen LogP contribution in [0.15, 0.2) is 48.5 Å². The van der Waals surface area contributed by atoms with Gasteiger partial charge in [0.05, 0.1) is 11.2 Å². The highest BCUT2D eigenvalue weighted by molar-refractivity contribution is 5.95. The van der Waals surface area contributed by atoms with Crippen molar-refractivity contribution in [2.24, 2.45) is 0 Å². The summed E-state index contributed by atoms with van der Waals surface area (Å²) in [5, 5.41) is 10.8. The van der Waals surface area contributed by atoms with Gasteiger partial charge >= 0.3 is 0 Å². The number of rotatable bonds is 3. The van der Waals surface area contributed by atoms with Crippen molar-refractivity contribution < 1.29 is 14.4 Å². The molecule has 4 rings (SSSR count). The number of carbonyl (C=O) groups excluding carboxylic acids is 3. The normalized spacial score (nSPS) is 13.5. The summed E-state index contributed by atoms with van der Waals surface area (Å²) in [5.74, 6) is 0.0787. The van der Waals surface area contributed by atoms with Gasteiger partial charge in [0.1, 0.15) is 0 Å². The highest BCUT2D eigenvalue weighted by Crippen LogP contribution is 2.18. The molecule has 0 radical (unpaired) electrons. The molecule has 172 valence electrons. The van der Waals surface area contributed by atoms with Crippen molar-refractivity contribution in [2.75, 3.05) is 33.2 Å². The van der Waals surface area contributed by atoms with Crippen LogP contribution in [-0.2, 0) is 9.59 Å². The van der Waals surface area contributed by atoms with Gasteiger partial charge in [-0.3, -0.25) is 19.5 Å². The van der Waals surface area contributed by atoms with E-state index in [0.29, 0.717) is 31.7 Å². The lowest BCUT2D eigenvalue weighted by atomic mass is 10.1. The van der Waals surface area contributed by atoms with Gasteiger partial charge in [0.2, 0.25) is 11.8 Å². The zero-order valence-electron chi connectivity index (χ0n) is 19.2. The molecule has 3 aromatic rings. The Hall–Kier alpha value is -3.94. The number of hydrogen-bond donors (Lipinski definition) is 2. The Morgan fingerprint density at radius 1 is 0.909 bits per heavy atom. The summed E-state index contributed by atoms with van der Waals surface area (Å²) in [7, 11) is 1.60. The van der Waals surface area contributed by atoms with Crippen molar-refractivity contribution in [3.63, 3.8) is 0 Å². The molecule has 0 atom stereocenters. The van der Waals surface area contributed by atoms with Gasteiger partial charge in [-0.05, 0) is 29.8 Å². The van der Waals surface area contributed by atoms with E-state index in [9.17, 15) is 14.4 Å². The molecule has 2 N–H and O–H groups in total. The fourth-order valence-electron chi connectivity index (χ4n) is 3.43. The van der Waals surface area contributed by atoms with E-state index < -0.39 is 0 Å². The zero-order valence-corrected chi connectivity index (χ0v) is 19.2. The molecular weight excluding hydrogens is 418 g/mol. The predicted octanol–water partition coefficient (Wildman–Crippen LogP) is 2.79. The van der Waals surface area contributed by atoms with Gasteiger partial charge in [-0.15, -0.1) is 0 Å². The number of aromatic amines is 1. The van der Waals surface area contributed by atoms with Crippen molar-refractivity contribution >= 4 is 40.8 Å². The lowest BCUT2D eigenvalue weighted by Crippen LogP contribution is -2.50. The van der Waals surface area contributed by atoms with Crippen molar-refractivity contribution in [1.82, 2.24) is 25.3 Å². The van der Waals surface area contributed by atoms with Crippen LogP contribution >= 0.6 is 0 Å². The maximum atomic E-state index is 12.7. The number of nitrogens with one attached hydrogen (secondary N) is 2. The molecule has 1 aromatic heterocycles. The average molecular weight is 448 g/mol.